The van der Waals surface area contributed by atoms with Crippen molar-refractivity contribution in [1.29, 1.82) is 0 Å². The van der Waals surface area contributed by atoms with Gasteiger partial charge < -0.3 is 9.47 Å². The van der Waals surface area contributed by atoms with E-state index < -0.39 is 9.84 Å². The smallest absolute Gasteiger partial charge is 0.178 e. The Morgan fingerprint density at radius 3 is 2.35 bits per heavy atom. The molecule has 0 saturated heterocycles. The number of benzene rings is 1. The molecule has 1 aromatic carbocycles. The predicted molar refractivity (Wildman–Crippen MR) is 70.0 cm³/mol. The van der Waals surface area contributed by atoms with Gasteiger partial charge in [0, 0.05) is 11.4 Å². The lowest BCUT2D eigenvalue weighted by molar-refractivity contribution is 0.354. The zero-order chi connectivity index (χ0) is 12.9. The molecule has 0 N–H and O–H groups in total. The second-order valence-electron chi connectivity index (χ2n) is 3.38. The molecule has 1 rings (SSSR count). The van der Waals surface area contributed by atoms with Crippen LogP contribution in [-0.2, 0) is 9.84 Å². The van der Waals surface area contributed by atoms with Crippen LogP contribution in [0.25, 0.3) is 0 Å². The summed E-state index contributed by atoms with van der Waals surface area (Å²) in [4.78, 5) is 0.260. The molecule has 0 heterocycles. The number of hydrogen-bond donors (Lipinski definition) is 0. The molecule has 0 unspecified atom stereocenters. The second kappa shape index (κ2) is 6.26. The molecule has 4 nitrogen and oxygen atoms in total. The zero-order valence-corrected chi connectivity index (χ0v) is 12.2. The molecular formula is C11H15BrO4S. The highest BCUT2D eigenvalue weighted by molar-refractivity contribution is 9.09. The fourth-order valence-corrected chi connectivity index (χ4v) is 3.35. The van der Waals surface area contributed by atoms with Crippen molar-refractivity contribution in [3.8, 4) is 11.5 Å². The van der Waals surface area contributed by atoms with E-state index in [1.807, 2.05) is 0 Å². The van der Waals surface area contributed by atoms with Crippen LogP contribution >= 0.6 is 15.9 Å². The number of hydrogen-bond acceptors (Lipinski definition) is 4. The minimum absolute atomic E-state index is 0.119. The fourth-order valence-electron chi connectivity index (χ4n) is 1.37. The Morgan fingerprint density at radius 1 is 1.18 bits per heavy atom. The summed E-state index contributed by atoms with van der Waals surface area (Å²) in [5.74, 6) is 1.06. The van der Waals surface area contributed by atoms with Gasteiger partial charge in [0.05, 0.1) is 24.9 Å². The lowest BCUT2D eigenvalue weighted by atomic mass is 10.3. The lowest BCUT2D eigenvalue weighted by Gasteiger charge is -2.09. The maximum Gasteiger partial charge on any atom is 0.178 e. The number of alkyl halides is 1. The van der Waals surface area contributed by atoms with E-state index in [4.69, 9.17) is 9.47 Å². The lowest BCUT2D eigenvalue weighted by Crippen LogP contribution is -2.07. The quantitative estimate of drug-likeness (QED) is 0.754. The molecule has 0 bridgehead atoms. The Hall–Kier alpha value is -0.750. The molecular weight excluding hydrogens is 308 g/mol. The Balaban J connectivity index is 3.07. The van der Waals surface area contributed by atoms with Crippen LogP contribution < -0.4 is 9.47 Å². The van der Waals surface area contributed by atoms with E-state index in [0.29, 0.717) is 23.2 Å². The third-order valence-electron chi connectivity index (χ3n) is 2.26. The first-order valence-corrected chi connectivity index (χ1v) is 7.83. The molecule has 0 aliphatic rings. The third kappa shape index (κ3) is 3.61. The van der Waals surface area contributed by atoms with Crippen molar-refractivity contribution in [2.45, 2.75) is 11.3 Å². The van der Waals surface area contributed by atoms with Gasteiger partial charge in [-0.25, -0.2) is 8.42 Å². The summed E-state index contributed by atoms with van der Waals surface area (Å²) in [7, 11) is -0.256. The van der Waals surface area contributed by atoms with Gasteiger partial charge >= 0.3 is 0 Å². The minimum atomic E-state index is -3.25. The first-order valence-electron chi connectivity index (χ1n) is 5.06. The van der Waals surface area contributed by atoms with Crippen molar-refractivity contribution >= 4 is 25.8 Å². The van der Waals surface area contributed by atoms with E-state index >= 15 is 0 Å². The molecule has 0 amide bonds. The van der Waals surface area contributed by atoms with Crippen LogP contribution in [0.3, 0.4) is 0 Å². The van der Waals surface area contributed by atoms with E-state index in [1.54, 1.807) is 6.07 Å². The van der Waals surface area contributed by atoms with Crippen LogP contribution in [0.15, 0.2) is 23.1 Å². The molecule has 0 spiro atoms. The zero-order valence-electron chi connectivity index (χ0n) is 9.77. The van der Waals surface area contributed by atoms with Gasteiger partial charge in [-0.3, -0.25) is 0 Å². The van der Waals surface area contributed by atoms with Crippen molar-refractivity contribution in [2.24, 2.45) is 0 Å². The summed E-state index contributed by atoms with van der Waals surface area (Å²) in [6, 6.07) is 4.62. The highest BCUT2D eigenvalue weighted by Crippen LogP contribution is 2.29. The maximum atomic E-state index is 11.9. The van der Waals surface area contributed by atoms with Gasteiger partial charge in [-0.15, -0.1) is 0 Å². The van der Waals surface area contributed by atoms with E-state index in [0.717, 1.165) is 0 Å². The van der Waals surface area contributed by atoms with E-state index in [2.05, 4.69) is 15.9 Å². The normalized spacial score (nSPS) is 11.2. The number of halogens is 1. The highest BCUT2D eigenvalue weighted by Gasteiger charge is 2.16. The van der Waals surface area contributed by atoms with Gasteiger partial charge in [0.25, 0.3) is 0 Å². The Bertz CT molecular complexity index is 470. The molecule has 1 aromatic rings. The molecule has 0 radical (unpaired) electrons. The van der Waals surface area contributed by atoms with Gasteiger partial charge in [-0.1, -0.05) is 15.9 Å². The molecule has 0 aromatic heterocycles. The summed E-state index contributed by atoms with van der Waals surface area (Å²) < 4.78 is 34.0. The van der Waals surface area contributed by atoms with Crippen LogP contribution in [0, 0.1) is 0 Å². The Kier molecular flexibility index (Phi) is 5.27. The molecule has 6 heteroatoms. The van der Waals surface area contributed by atoms with Crippen molar-refractivity contribution in [3.63, 3.8) is 0 Å². The van der Waals surface area contributed by atoms with Gasteiger partial charge in [0.1, 0.15) is 0 Å². The minimum Gasteiger partial charge on any atom is -0.493 e. The molecule has 96 valence electrons. The summed E-state index contributed by atoms with van der Waals surface area (Å²) >= 11 is 3.22. The number of sulfone groups is 1. The summed E-state index contributed by atoms with van der Waals surface area (Å²) in [5.41, 5.74) is 0. The molecule has 0 aliphatic carbocycles. The van der Waals surface area contributed by atoms with Gasteiger partial charge in [-0.2, -0.15) is 0 Å². The van der Waals surface area contributed by atoms with E-state index in [9.17, 15) is 8.42 Å². The largest absolute Gasteiger partial charge is 0.493 e. The van der Waals surface area contributed by atoms with Crippen LogP contribution in [0.2, 0.25) is 0 Å². The van der Waals surface area contributed by atoms with E-state index in [1.165, 1.54) is 26.4 Å². The van der Waals surface area contributed by atoms with Crippen LogP contribution in [0.5, 0.6) is 11.5 Å². The number of rotatable bonds is 6. The fraction of sp³-hybridized carbons (Fsp3) is 0.455. The standard InChI is InChI=1S/C11H15BrO4S/c1-15-10-5-4-9(8-11(10)16-2)17(13,14)7-3-6-12/h4-5,8H,3,6-7H2,1-2H3. The van der Waals surface area contributed by atoms with Crippen LogP contribution in [0.1, 0.15) is 6.42 Å². The number of ether oxygens (including phenoxy) is 2. The van der Waals surface area contributed by atoms with Gasteiger partial charge in [0.15, 0.2) is 21.3 Å². The molecule has 0 fully saturated rings. The monoisotopic (exact) mass is 322 g/mol. The first kappa shape index (κ1) is 14.3. The average molecular weight is 323 g/mol. The Morgan fingerprint density at radius 2 is 1.82 bits per heavy atom. The predicted octanol–water partition coefficient (Wildman–Crippen LogP) is 2.26. The van der Waals surface area contributed by atoms with Gasteiger partial charge in [-0.05, 0) is 18.6 Å². The molecule has 0 aliphatic heterocycles. The average Bonchev–Trinajstić information content (AvgIpc) is 2.35. The summed E-state index contributed by atoms with van der Waals surface area (Å²) in [5, 5.41) is 0.666. The maximum absolute atomic E-state index is 11.9. The highest BCUT2D eigenvalue weighted by atomic mass is 79.9. The van der Waals surface area contributed by atoms with Crippen molar-refractivity contribution in [2.75, 3.05) is 25.3 Å². The third-order valence-corrected chi connectivity index (χ3v) is 4.62. The first-order chi connectivity index (χ1) is 8.05. The molecule has 0 atom stereocenters. The summed E-state index contributed by atoms with van der Waals surface area (Å²) in [6.07, 6.45) is 0.580. The van der Waals surface area contributed by atoms with Crippen LogP contribution in [0.4, 0.5) is 0 Å². The van der Waals surface area contributed by atoms with Crippen molar-refractivity contribution in [3.05, 3.63) is 18.2 Å². The Labute approximate surface area is 110 Å². The SMILES string of the molecule is COc1ccc(S(=O)(=O)CCCBr)cc1OC. The van der Waals surface area contributed by atoms with Crippen molar-refractivity contribution in [1.82, 2.24) is 0 Å². The summed E-state index contributed by atoms with van der Waals surface area (Å²) in [6.45, 7) is 0. The van der Waals surface area contributed by atoms with Gasteiger partial charge in [0.2, 0.25) is 0 Å². The van der Waals surface area contributed by atoms with E-state index in [-0.39, 0.29) is 10.6 Å². The van der Waals surface area contributed by atoms with Crippen molar-refractivity contribution < 1.29 is 17.9 Å². The number of methoxy groups -OCH3 is 2. The van der Waals surface area contributed by atoms with Crippen LogP contribution in [-0.4, -0.2) is 33.7 Å². The topological polar surface area (TPSA) is 52.6 Å². The second-order valence-corrected chi connectivity index (χ2v) is 6.28. The molecule has 0 saturated carbocycles. The molecule has 17 heavy (non-hydrogen) atoms.